The minimum atomic E-state index is -0.371. The quantitative estimate of drug-likeness (QED) is 0.394. The fourth-order valence-electron chi connectivity index (χ4n) is 3.14. The Bertz CT molecular complexity index is 906. The van der Waals surface area contributed by atoms with Crippen molar-refractivity contribution in [3.8, 4) is 5.75 Å². The van der Waals surface area contributed by atoms with Crippen LogP contribution >= 0.6 is 27.5 Å². The number of nitrogens with zero attached hydrogens (tertiary/aromatic N) is 1. The molecular weight excluding hydrogens is 486 g/mol. The summed E-state index contributed by atoms with van der Waals surface area (Å²) in [5.41, 5.74) is 1.47. The SMILES string of the molecule is O=C(CCl)Nc1cc(C(=O)Nc2cccc(Br)c2)ccc1OCCCN1CCOCC1. The normalized spacial score (nSPS) is 14.1. The number of nitrogens with one attached hydrogen (secondary N) is 2. The minimum absolute atomic E-state index is 0.190. The number of halogens is 2. The molecule has 2 aromatic rings. The van der Waals surface area contributed by atoms with Crippen LogP contribution in [0.1, 0.15) is 16.8 Å². The van der Waals surface area contributed by atoms with Gasteiger partial charge >= 0.3 is 0 Å². The molecule has 1 fully saturated rings. The lowest BCUT2D eigenvalue weighted by Gasteiger charge is -2.26. The molecule has 0 unspecified atom stereocenters. The van der Waals surface area contributed by atoms with Gasteiger partial charge < -0.3 is 20.1 Å². The van der Waals surface area contributed by atoms with Crippen molar-refractivity contribution in [3.63, 3.8) is 0 Å². The third kappa shape index (κ3) is 7.50. The van der Waals surface area contributed by atoms with Gasteiger partial charge in [0.25, 0.3) is 5.91 Å². The van der Waals surface area contributed by atoms with Crippen LogP contribution < -0.4 is 15.4 Å². The summed E-state index contributed by atoms with van der Waals surface area (Å²) < 4.78 is 12.1. The molecule has 7 nitrogen and oxygen atoms in total. The molecule has 166 valence electrons. The Balaban J connectivity index is 1.64. The van der Waals surface area contributed by atoms with Crippen LogP contribution in [0, 0.1) is 0 Å². The number of ether oxygens (including phenoxy) is 2. The summed E-state index contributed by atoms with van der Waals surface area (Å²) in [4.78, 5) is 26.8. The van der Waals surface area contributed by atoms with Crippen LogP contribution in [0.5, 0.6) is 5.75 Å². The first-order valence-electron chi connectivity index (χ1n) is 10.0. The molecule has 1 heterocycles. The lowest BCUT2D eigenvalue weighted by molar-refractivity contribution is -0.113. The number of rotatable bonds is 9. The highest BCUT2D eigenvalue weighted by Gasteiger charge is 2.14. The van der Waals surface area contributed by atoms with E-state index in [1.165, 1.54) is 0 Å². The smallest absolute Gasteiger partial charge is 0.255 e. The Kier molecular flexibility index (Phi) is 9.14. The van der Waals surface area contributed by atoms with Crippen molar-refractivity contribution in [2.75, 3.05) is 56.0 Å². The van der Waals surface area contributed by atoms with Crippen LogP contribution in [-0.2, 0) is 9.53 Å². The molecule has 0 spiro atoms. The van der Waals surface area contributed by atoms with E-state index in [1.807, 2.05) is 12.1 Å². The van der Waals surface area contributed by atoms with Gasteiger partial charge in [0.1, 0.15) is 11.6 Å². The van der Waals surface area contributed by atoms with E-state index in [2.05, 4.69) is 31.5 Å². The number of anilines is 2. The molecule has 0 radical (unpaired) electrons. The molecule has 0 aromatic heterocycles. The second-order valence-corrected chi connectivity index (χ2v) is 8.20. The van der Waals surface area contributed by atoms with Crippen LogP contribution in [0.15, 0.2) is 46.9 Å². The molecule has 0 bridgehead atoms. The van der Waals surface area contributed by atoms with Gasteiger partial charge in [0, 0.05) is 35.4 Å². The molecular formula is C22H25BrClN3O4. The van der Waals surface area contributed by atoms with E-state index in [4.69, 9.17) is 21.1 Å². The Hall–Kier alpha value is -2.13. The predicted octanol–water partition coefficient (Wildman–Crippen LogP) is 3.98. The van der Waals surface area contributed by atoms with Crippen LogP contribution in [0.2, 0.25) is 0 Å². The molecule has 31 heavy (non-hydrogen) atoms. The second-order valence-electron chi connectivity index (χ2n) is 7.01. The van der Waals surface area contributed by atoms with Gasteiger partial charge in [-0.1, -0.05) is 22.0 Å². The van der Waals surface area contributed by atoms with E-state index in [1.54, 1.807) is 30.3 Å². The topological polar surface area (TPSA) is 79.9 Å². The standard InChI is InChI=1S/C22H25BrClN3O4/c23-17-3-1-4-18(14-17)25-22(29)16-5-6-20(19(13-16)26-21(28)15-24)31-10-2-7-27-8-11-30-12-9-27/h1,3-6,13-14H,2,7-12,15H2,(H,25,29)(H,26,28). The number of carbonyl (C=O) groups excluding carboxylic acids is 2. The van der Waals surface area contributed by atoms with E-state index in [0.717, 1.165) is 43.7 Å². The van der Waals surface area contributed by atoms with E-state index in [-0.39, 0.29) is 17.7 Å². The number of alkyl halides is 1. The highest BCUT2D eigenvalue weighted by molar-refractivity contribution is 9.10. The van der Waals surface area contributed by atoms with Gasteiger partial charge in [-0.05, 0) is 42.8 Å². The van der Waals surface area contributed by atoms with Crippen molar-refractivity contribution in [3.05, 3.63) is 52.5 Å². The Morgan fingerprint density at radius 2 is 1.94 bits per heavy atom. The summed E-state index contributed by atoms with van der Waals surface area (Å²) in [5.74, 6) is -0.354. The summed E-state index contributed by atoms with van der Waals surface area (Å²) in [6.45, 7) is 4.79. The molecule has 1 saturated heterocycles. The monoisotopic (exact) mass is 509 g/mol. The zero-order chi connectivity index (χ0) is 22.1. The van der Waals surface area contributed by atoms with Gasteiger partial charge in [-0.25, -0.2) is 0 Å². The van der Waals surface area contributed by atoms with E-state index in [9.17, 15) is 9.59 Å². The lowest BCUT2D eigenvalue weighted by Crippen LogP contribution is -2.37. The molecule has 9 heteroatoms. The van der Waals surface area contributed by atoms with E-state index in [0.29, 0.717) is 29.3 Å². The van der Waals surface area contributed by atoms with Crippen LogP contribution in [0.4, 0.5) is 11.4 Å². The number of carbonyl (C=O) groups is 2. The Morgan fingerprint density at radius 3 is 2.68 bits per heavy atom. The highest BCUT2D eigenvalue weighted by atomic mass is 79.9. The number of hydrogen-bond acceptors (Lipinski definition) is 5. The molecule has 1 aliphatic rings. The molecule has 0 saturated carbocycles. The largest absolute Gasteiger partial charge is 0.491 e. The van der Waals surface area contributed by atoms with Crippen molar-refractivity contribution in [1.29, 1.82) is 0 Å². The van der Waals surface area contributed by atoms with Crippen molar-refractivity contribution >= 4 is 50.7 Å². The number of hydrogen-bond donors (Lipinski definition) is 2. The summed E-state index contributed by atoms with van der Waals surface area (Å²) in [5, 5.41) is 5.55. The molecule has 2 amide bonds. The first kappa shape index (κ1) is 23.5. The van der Waals surface area contributed by atoms with Crippen molar-refractivity contribution in [1.82, 2.24) is 4.90 Å². The minimum Gasteiger partial charge on any atom is -0.491 e. The predicted molar refractivity (Wildman–Crippen MR) is 125 cm³/mol. The highest BCUT2D eigenvalue weighted by Crippen LogP contribution is 2.27. The Labute approximate surface area is 195 Å². The van der Waals surface area contributed by atoms with Gasteiger partial charge in [0.15, 0.2) is 0 Å². The first-order valence-corrected chi connectivity index (χ1v) is 11.4. The van der Waals surface area contributed by atoms with Gasteiger partial charge in [-0.2, -0.15) is 0 Å². The van der Waals surface area contributed by atoms with Gasteiger partial charge in [0.2, 0.25) is 5.91 Å². The summed E-state index contributed by atoms with van der Waals surface area (Å²) in [6, 6.07) is 12.3. The van der Waals surface area contributed by atoms with Gasteiger partial charge in [-0.3, -0.25) is 14.5 Å². The maximum Gasteiger partial charge on any atom is 0.255 e. The second kappa shape index (κ2) is 12.0. The maximum atomic E-state index is 12.7. The van der Waals surface area contributed by atoms with Crippen molar-refractivity contribution in [2.24, 2.45) is 0 Å². The van der Waals surface area contributed by atoms with Crippen molar-refractivity contribution in [2.45, 2.75) is 6.42 Å². The third-order valence-corrected chi connectivity index (χ3v) is 5.44. The Morgan fingerprint density at radius 1 is 1.13 bits per heavy atom. The zero-order valence-electron chi connectivity index (χ0n) is 17.0. The molecule has 0 aliphatic carbocycles. The molecule has 2 N–H and O–H groups in total. The van der Waals surface area contributed by atoms with Gasteiger partial charge in [0.05, 0.1) is 25.5 Å². The number of amides is 2. The molecule has 3 rings (SSSR count). The van der Waals surface area contributed by atoms with E-state index >= 15 is 0 Å². The molecule has 2 aromatic carbocycles. The molecule has 1 aliphatic heterocycles. The number of morpholine rings is 1. The third-order valence-electron chi connectivity index (χ3n) is 4.70. The molecule has 0 atom stereocenters. The maximum absolute atomic E-state index is 12.7. The number of benzene rings is 2. The average Bonchev–Trinajstić information content (AvgIpc) is 2.78. The zero-order valence-corrected chi connectivity index (χ0v) is 19.4. The van der Waals surface area contributed by atoms with Crippen molar-refractivity contribution < 1.29 is 19.1 Å². The fraction of sp³-hybridized carbons (Fsp3) is 0.364. The van der Waals surface area contributed by atoms with Gasteiger partial charge in [-0.15, -0.1) is 11.6 Å². The lowest BCUT2D eigenvalue weighted by atomic mass is 10.1. The summed E-state index contributed by atoms with van der Waals surface area (Å²) >= 11 is 9.02. The summed E-state index contributed by atoms with van der Waals surface area (Å²) in [6.07, 6.45) is 0.841. The first-order chi connectivity index (χ1) is 15.0. The van der Waals surface area contributed by atoms with Crippen LogP contribution in [-0.4, -0.2) is 62.0 Å². The average molecular weight is 511 g/mol. The fourth-order valence-corrected chi connectivity index (χ4v) is 3.61. The summed E-state index contributed by atoms with van der Waals surface area (Å²) in [7, 11) is 0. The van der Waals surface area contributed by atoms with E-state index < -0.39 is 0 Å². The van der Waals surface area contributed by atoms with Crippen LogP contribution in [0.25, 0.3) is 0 Å². The van der Waals surface area contributed by atoms with Crippen LogP contribution in [0.3, 0.4) is 0 Å².